The average Bonchev–Trinajstić information content (AvgIpc) is 2.82. The summed E-state index contributed by atoms with van der Waals surface area (Å²) in [7, 11) is 0. The molecule has 3 unspecified atom stereocenters. The first-order valence-corrected chi connectivity index (χ1v) is 6.92. The minimum atomic E-state index is -0.211. The summed E-state index contributed by atoms with van der Waals surface area (Å²) >= 11 is 0. The summed E-state index contributed by atoms with van der Waals surface area (Å²) in [5, 5.41) is 0. The highest BCUT2D eigenvalue weighted by Crippen LogP contribution is 2.32. The second-order valence-corrected chi connectivity index (χ2v) is 5.46. The van der Waals surface area contributed by atoms with E-state index in [9.17, 15) is 4.39 Å². The van der Waals surface area contributed by atoms with Gasteiger partial charge in [-0.1, -0.05) is 12.1 Å². The molecule has 2 N–H and O–H groups in total. The summed E-state index contributed by atoms with van der Waals surface area (Å²) in [5.41, 5.74) is 6.77. The molecular formula is C15H19FN2O. The van der Waals surface area contributed by atoms with Gasteiger partial charge in [0, 0.05) is 6.42 Å². The van der Waals surface area contributed by atoms with Crippen LogP contribution in [0, 0.1) is 11.7 Å². The van der Waals surface area contributed by atoms with Crippen molar-refractivity contribution in [2.75, 3.05) is 6.54 Å². The number of halogens is 1. The molecule has 3 rings (SSSR count). The topological polar surface area (TPSA) is 47.6 Å². The first-order chi connectivity index (χ1) is 9.24. The molecule has 3 atom stereocenters. The van der Waals surface area contributed by atoms with E-state index in [4.69, 9.17) is 10.5 Å². The van der Waals surface area contributed by atoms with E-state index >= 15 is 0 Å². The van der Waals surface area contributed by atoms with Crippen LogP contribution in [0.1, 0.15) is 24.8 Å². The van der Waals surface area contributed by atoms with Gasteiger partial charge in [0.25, 0.3) is 0 Å². The Kier molecular flexibility index (Phi) is 3.51. The van der Waals surface area contributed by atoms with Crippen LogP contribution in [-0.4, -0.2) is 24.6 Å². The van der Waals surface area contributed by atoms with Gasteiger partial charge < -0.3 is 10.5 Å². The van der Waals surface area contributed by atoms with E-state index in [1.807, 2.05) is 0 Å². The summed E-state index contributed by atoms with van der Waals surface area (Å²) in [5.74, 6) is 1.15. The number of hydrogen-bond donors (Lipinski definition) is 1. The summed E-state index contributed by atoms with van der Waals surface area (Å²) < 4.78 is 18.8. The van der Waals surface area contributed by atoms with Gasteiger partial charge in [-0.15, -0.1) is 0 Å². The molecule has 1 aliphatic carbocycles. The van der Waals surface area contributed by atoms with Gasteiger partial charge in [-0.25, -0.2) is 9.38 Å². The Morgan fingerprint density at radius 2 is 2.05 bits per heavy atom. The minimum Gasteiger partial charge on any atom is -0.475 e. The number of hydrogen-bond acceptors (Lipinski definition) is 3. The molecule has 1 heterocycles. The van der Waals surface area contributed by atoms with Gasteiger partial charge in [0.15, 0.2) is 5.90 Å². The fourth-order valence-corrected chi connectivity index (χ4v) is 2.94. The third-order valence-electron chi connectivity index (χ3n) is 4.06. The molecule has 0 bridgehead atoms. The van der Waals surface area contributed by atoms with Gasteiger partial charge in [0.1, 0.15) is 11.9 Å². The lowest BCUT2D eigenvalue weighted by atomic mass is 9.84. The van der Waals surface area contributed by atoms with Gasteiger partial charge in [-0.2, -0.15) is 0 Å². The maximum Gasteiger partial charge on any atom is 0.188 e. The molecule has 0 aromatic heterocycles. The number of nitrogens with two attached hydrogens (primary N) is 1. The second-order valence-electron chi connectivity index (χ2n) is 5.46. The molecule has 102 valence electrons. The lowest BCUT2D eigenvalue weighted by Crippen LogP contribution is -2.34. The van der Waals surface area contributed by atoms with Crippen molar-refractivity contribution in [2.24, 2.45) is 16.6 Å². The predicted octanol–water partition coefficient (Wildman–Crippen LogP) is 2.29. The Bertz CT molecular complexity index is 472. The van der Waals surface area contributed by atoms with Crippen LogP contribution >= 0.6 is 0 Å². The lowest BCUT2D eigenvalue weighted by Gasteiger charge is -2.28. The lowest BCUT2D eigenvalue weighted by molar-refractivity contribution is 0.121. The van der Waals surface area contributed by atoms with Crippen molar-refractivity contribution in [3.05, 3.63) is 35.6 Å². The zero-order chi connectivity index (χ0) is 13.2. The molecule has 0 amide bonds. The molecule has 4 heteroatoms. The Morgan fingerprint density at radius 3 is 2.79 bits per heavy atom. The zero-order valence-corrected chi connectivity index (χ0v) is 10.9. The molecule has 1 aromatic carbocycles. The molecular weight excluding hydrogens is 243 g/mol. The summed E-state index contributed by atoms with van der Waals surface area (Å²) in [4.78, 5) is 4.66. The van der Waals surface area contributed by atoms with Gasteiger partial charge in [-0.05, 0) is 49.4 Å². The first kappa shape index (κ1) is 12.6. The largest absolute Gasteiger partial charge is 0.475 e. The van der Waals surface area contributed by atoms with Crippen molar-refractivity contribution in [3.63, 3.8) is 0 Å². The van der Waals surface area contributed by atoms with Crippen molar-refractivity contribution in [1.82, 2.24) is 0 Å². The Hall–Kier alpha value is -1.42. The Morgan fingerprint density at radius 1 is 1.26 bits per heavy atom. The Balaban J connectivity index is 1.63. The molecule has 19 heavy (non-hydrogen) atoms. The SMILES string of the molecule is NCC1CCC2N=C(Cc3ccc(F)cc3)OC2C1. The minimum absolute atomic E-state index is 0.206. The van der Waals surface area contributed by atoms with E-state index in [2.05, 4.69) is 4.99 Å². The third kappa shape index (κ3) is 2.78. The van der Waals surface area contributed by atoms with Crippen molar-refractivity contribution in [3.8, 4) is 0 Å². The van der Waals surface area contributed by atoms with Gasteiger partial charge in [0.05, 0.1) is 6.04 Å². The zero-order valence-electron chi connectivity index (χ0n) is 10.9. The molecule has 3 nitrogen and oxygen atoms in total. The van der Waals surface area contributed by atoms with Crippen LogP contribution in [0.15, 0.2) is 29.3 Å². The van der Waals surface area contributed by atoms with E-state index in [1.165, 1.54) is 12.1 Å². The molecule has 1 aliphatic heterocycles. The molecule has 0 spiro atoms. The van der Waals surface area contributed by atoms with Crippen LogP contribution in [0.2, 0.25) is 0 Å². The highest BCUT2D eigenvalue weighted by molar-refractivity contribution is 5.80. The second kappa shape index (κ2) is 5.29. The van der Waals surface area contributed by atoms with Gasteiger partial charge in [0.2, 0.25) is 0 Å². The van der Waals surface area contributed by atoms with E-state index in [1.54, 1.807) is 12.1 Å². The molecule has 0 saturated heterocycles. The molecule has 1 saturated carbocycles. The van der Waals surface area contributed by atoms with Crippen LogP contribution in [0.3, 0.4) is 0 Å². The molecule has 1 aromatic rings. The fourth-order valence-electron chi connectivity index (χ4n) is 2.94. The molecule has 0 radical (unpaired) electrons. The van der Waals surface area contributed by atoms with Crippen LogP contribution < -0.4 is 5.73 Å². The third-order valence-corrected chi connectivity index (χ3v) is 4.06. The van der Waals surface area contributed by atoms with E-state index in [0.717, 1.165) is 37.3 Å². The number of benzene rings is 1. The summed E-state index contributed by atoms with van der Waals surface area (Å²) in [6.07, 6.45) is 4.09. The highest BCUT2D eigenvalue weighted by atomic mass is 19.1. The normalized spacial score (nSPS) is 29.6. The van der Waals surface area contributed by atoms with Crippen molar-refractivity contribution < 1.29 is 9.13 Å². The van der Waals surface area contributed by atoms with Gasteiger partial charge >= 0.3 is 0 Å². The maximum atomic E-state index is 12.9. The van der Waals surface area contributed by atoms with Crippen LogP contribution in [-0.2, 0) is 11.2 Å². The number of nitrogens with zero attached hydrogens (tertiary/aromatic N) is 1. The average molecular weight is 262 g/mol. The van der Waals surface area contributed by atoms with Crippen LogP contribution in [0.4, 0.5) is 4.39 Å². The summed E-state index contributed by atoms with van der Waals surface area (Å²) in [6, 6.07) is 6.82. The number of fused-ring (bicyclic) bond motifs is 1. The predicted molar refractivity (Wildman–Crippen MR) is 72.6 cm³/mol. The van der Waals surface area contributed by atoms with E-state index < -0.39 is 0 Å². The fraction of sp³-hybridized carbons (Fsp3) is 0.533. The van der Waals surface area contributed by atoms with Crippen molar-refractivity contribution in [2.45, 2.75) is 37.8 Å². The van der Waals surface area contributed by atoms with Crippen LogP contribution in [0.5, 0.6) is 0 Å². The first-order valence-electron chi connectivity index (χ1n) is 6.92. The number of ether oxygens (including phenoxy) is 1. The maximum absolute atomic E-state index is 12.9. The van der Waals surface area contributed by atoms with E-state index in [0.29, 0.717) is 18.4 Å². The van der Waals surface area contributed by atoms with Gasteiger partial charge in [-0.3, -0.25) is 0 Å². The summed E-state index contributed by atoms with van der Waals surface area (Å²) in [6.45, 7) is 0.736. The molecule has 2 aliphatic rings. The number of rotatable bonds is 3. The smallest absolute Gasteiger partial charge is 0.188 e. The standard InChI is InChI=1S/C15H19FN2O/c16-12-4-1-10(2-5-12)8-15-18-13-6-3-11(9-17)7-14(13)19-15/h1-2,4-5,11,13-14H,3,6-9,17H2. The van der Waals surface area contributed by atoms with Crippen LogP contribution in [0.25, 0.3) is 0 Å². The monoisotopic (exact) mass is 262 g/mol. The van der Waals surface area contributed by atoms with E-state index in [-0.39, 0.29) is 11.9 Å². The van der Waals surface area contributed by atoms with Crippen molar-refractivity contribution in [1.29, 1.82) is 0 Å². The number of aliphatic imine (C=N–C) groups is 1. The highest BCUT2D eigenvalue weighted by Gasteiger charge is 2.36. The Labute approximate surface area is 112 Å². The molecule has 1 fully saturated rings. The quantitative estimate of drug-likeness (QED) is 0.908. The van der Waals surface area contributed by atoms with Crippen molar-refractivity contribution >= 4 is 5.90 Å².